The van der Waals surface area contributed by atoms with E-state index in [1.54, 1.807) is 27.6 Å². The fourth-order valence-electron chi connectivity index (χ4n) is 3.24. The molecule has 0 unspecified atom stereocenters. The van der Waals surface area contributed by atoms with Gasteiger partial charge in [0.05, 0.1) is 11.4 Å². The molecule has 0 radical (unpaired) electrons. The molecule has 1 N–H and O–H groups in total. The molecule has 2 heterocycles. The summed E-state index contributed by atoms with van der Waals surface area (Å²) in [6, 6.07) is 17.6. The number of rotatable bonds is 4. The van der Waals surface area contributed by atoms with Crippen LogP contribution in [0.3, 0.4) is 0 Å². The number of anilines is 1. The zero-order valence-electron chi connectivity index (χ0n) is 16.3. The number of aromatic nitrogens is 4. The van der Waals surface area contributed by atoms with Crippen molar-refractivity contribution >= 4 is 11.6 Å². The van der Waals surface area contributed by atoms with Gasteiger partial charge < -0.3 is 5.32 Å². The lowest BCUT2D eigenvalue weighted by molar-refractivity contribution is 0.102. The number of amides is 1. The first-order chi connectivity index (χ1) is 13.9. The van der Waals surface area contributed by atoms with Gasteiger partial charge in [0.2, 0.25) is 0 Å². The SMILES string of the molecule is Cc1cc(C)n(-c2ccc(NC(=O)c3cc(C)n(-c4ccccc4)n3)cc2F)n1. The number of hydrogen-bond donors (Lipinski definition) is 1. The highest BCUT2D eigenvalue weighted by molar-refractivity contribution is 6.03. The van der Waals surface area contributed by atoms with Gasteiger partial charge in [0.15, 0.2) is 11.5 Å². The molecule has 0 saturated carbocycles. The van der Waals surface area contributed by atoms with Crippen molar-refractivity contribution in [1.29, 1.82) is 0 Å². The highest BCUT2D eigenvalue weighted by Crippen LogP contribution is 2.21. The van der Waals surface area contributed by atoms with Gasteiger partial charge in [-0.3, -0.25) is 4.79 Å². The van der Waals surface area contributed by atoms with E-state index in [1.165, 1.54) is 6.07 Å². The van der Waals surface area contributed by atoms with Crippen LogP contribution in [0.15, 0.2) is 60.7 Å². The second-order valence-corrected chi connectivity index (χ2v) is 6.88. The first kappa shape index (κ1) is 18.6. The van der Waals surface area contributed by atoms with Crippen molar-refractivity contribution in [3.8, 4) is 11.4 Å². The second kappa shape index (κ2) is 7.35. The van der Waals surface area contributed by atoms with E-state index in [9.17, 15) is 9.18 Å². The van der Waals surface area contributed by atoms with Crippen LogP contribution in [0, 0.1) is 26.6 Å². The number of carbonyl (C=O) groups is 1. The molecule has 2 aromatic carbocycles. The molecule has 0 aliphatic heterocycles. The molecule has 146 valence electrons. The van der Waals surface area contributed by atoms with Crippen LogP contribution in [0.25, 0.3) is 11.4 Å². The van der Waals surface area contributed by atoms with E-state index >= 15 is 0 Å². The number of para-hydroxylation sites is 1. The summed E-state index contributed by atoms with van der Waals surface area (Å²) in [5.74, 6) is -0.874. The molecule has 0 bridgehead atoms. The van der Waals surface area contributed by atoms with Crippen molar-refractivity contribution < 1.29 is 9.18 Å². The fraction of sp³-hybridized carbons (Fsp3) is 0.136. The van der Waals surface area contributed by atoms with E-state index in [4.69, 9.17) is 0 Å². The normalized spacial score (nSPS) is 10.9. The molecule has 4 rings (SSSR count). The van der Waals surface area contributed by atoms with E-state index in [2.05, 4.69) is 15.5 Å². The van der Waals surface area contributed by atoms with Crippen LogP contribution >= 0.6 is 0 Å². The molecule has 0 aliphatic carbocycles. The summed E-state index contributed by atoms with van der Waals surface area (Å²) in [5.41, 5.74) is 4.28. The molecular formula is C22H20FN5O. The van der Waals surface area contributed by atoms with Crippen LogP contribution in [0.1, 0.15) is 27.6 Å². The van der Waals surface area contributed by atoms with E-state index in [0.29, 0.717) is 11.4 Å². The molecule has 4 aromatic rings. The molecule has 0 saturated heterocycles. The fourth-order valence-corrected chi connectivity index (χ4v) is 3.24. The Morgan fingerprint density at radius 3 is 2.28 bits per heavy atom. The lowest BCUT2D eigenvalue weighted by Crippen LogP contribution is -2.14. The first-order valence-corrected chi connectivity index (χ1v) is 9.19. The van der Waals surface area contributed by atoms with Gasteiger partial charge in [-0.1, -0.05) is 18.2 Å². The Morgan fingerprint density at radius 1 is 0.897 bits per heavy atom. The maximum Gasteiger partial charge on any atom is 0.276 e. The number of hydrogen-bond acceptors (Lipinski definition) is 3. The lowest BCUT2D eigenvalue weighted by Gasteiger charge is -2.09. The molecule has 2 aromatic heterocycles. The third-order valence-corrected chi connectivity index (χ3v) is 4.56. The van der Waals surface area contributed by atoms with Crippen LogP contribution in [0.5, 0.6) is 0 Å². The predicted molar refractivity (Wildman–Crippen MR) is 109 cm³/mol. The minimum Gasteiger partial charge on any atom is -0.320 e. The van der Waals surface area contributed by atoms with Crippen molar-refractivity contribution in [2.75, 3.05) is 5.32 Å². The second-order valence-electron chi connectivity index (χ2n) is 6.88. The van der Waals surface area contributed by atoms with Gasteiger partial charge in [-0.15, -0.1) is 0 Å². The molecule has 1 amide bonds. The minimum absolute atomic E-state index is 0.259. The Bertz CT molecular complexity index is 1190. The van der Waals surface area contributed by atoms with Crippen LogP contribution in [0.2, 0.25) is 0 Å². The molecule has 6 nitrogen and oxygen atoms in total. The van der Waals surface area contributed by atoms with Crippen molar-refractivity contribution in [2.45, 2.75) is 20.8 Å². The Labute approximate surface area is 167 Å². The Balaban J connectivity index is 1.56. The van der Waals surface area contributed by atoms with Crippen LogP contribution in [0.4, 0.5) is 10.1 Å². The van der Waals surface area contributed by atoms with Crippen LogP contribution in [-0.4, -0.2) is 25.5 Å². The van der Waals surface area contributed by atoms with Crippen LogP contribution < -0.4 is 5.32 Å². The smallest absolute Gasteiger partial charge is 0.276 e. The Hall–Kier alpha value is -3.74. The van der Waals surface area contributed by atoms with Gasteiger partial charge in [-0.2, -0.15) is 10.2 Å². The highest BCUT2D eigenvalue weighted by atomic mass is 19.1. The number of benzene rings is 2. The minimum atomic E-state index is -0.472. The summed E-state index contributed by atoms with van der Waals surface area (Å²) in [7, 11) is 0. The maximum atomic E-state index is 14.6. The van der Waals surface area contributed by atoms with Gasteiger partial charge in [0.25, 0.3) is 5.91 Å². The van der Waals surface area contributed by atoms with Gasteiger partial charge in [-0.05, 0) is 63.2 Å². The molecule has 7 heteroatoms. The van der Waals surface area contributed by atoms with Gasteiger partial charge in [-0.25, -0.2) is 13.8 Å². The monoisotopic (exact) mass is 389 g/mol. The summed E-state index contributed by atoms with van der Waals surface area (Å²) in [4.78, 5) is 12.6. The quantitative estimate of drug-likeness (QED) is 0.564. The van der Waals surface area contributed by atoms with Crippen molar-refractivity contribution in [3.05, 3.63) is 89.3 Å². The lowest BCUT2D eigenvalue weighted by atomic mass is 10.2. The summed E-state index contributed by atoms with van der Waals surface area (Å²) in [6.45, 7) is 5.59. The Morgan fingerprint density at radius 2 is 1.62 bits per heavy atom. The highest BCUT2D eigenvalue weighted by Gasteiger charge is 2.15. The third-order valence-electron chi connectivity index (χ3n) is 4.56. The average Bonchev–Trinajstić information content (AvgIpc) is 3.24. The van der Waals surface area contributed by atoms with E-state index in [1.807, 2.05) is 57.2 Å². The average molecular weight is 389 g/mol. The molecule has 0 fully saturated rings. The zero-order chi connectivity index (χ0) is 20.5. The number of nitrogens with one attached hydrogen (secondary N) is 1. The number of aryl methyl sites for hydroxylation is 3. The summed E-state index contributed by atoms with van der Waals surface area (Å²) < 4.78 is 17.9. The standard InChI is InChI=1S/C22H20FN5O/c1-14-11-15(2)28(25-14)21-10-9-17(13-19(21)23)24-22(29)20-12-16(3)27(26-20)18-7-5-4-6-8-18/h4-13H,1-3H3,(H,24,29). The van der Waals surface area contributed by atoms with Gasteiger partial charge in [0, 0.05) is 17.1 Å². The maximum absolute atomic E-state index is 14.6. The van der Waals surface area contributed by atoms with Crippen LogP contribution in [-0.2, 0) is 0 Å². The zero-order valence-corrected chi connectivity index (χ0v) is 16.3. The summed E-state index contributed by atoms with van der Waals surface area (Å²) >= 11 is 0. The van der Waals surface area contributed by atoms with E-state index < -0.39 is 11.7 Å². The number of halogens is 1. The molecule has 0 atom stereocenters. The third kappa shape index (κ3) is 3.67. The van der Waals surface area contributed by atoms with Gasteiger partial charge >= 0.3 is 0 Å². The summed E-state index contributed by atoms with van der Waals surface area (Å²) in [6.07, 6.45) is 0. The molecular weight excluding hydrogens is 369 g/mol. The van der Waals surface area contributed by atoms with E-state index in [-0.39, 0.29) is 5.69 Å². The number of carbonyl (C=O) groups excluding carboxylic acids is 1. The predicted octanol–water partition coefficient (Wildman–Crippen LogP) is 4.37. The Kier molecular flexibility index (Phi) is 4.72. The molecule has 29 heavy (non-hydrogen) atoms. The largest absolute Gasteiger partial charge is 0.320 e. The molecule has 0 aliphatic rings. The molecule has 0 spiro atoms. The first-order valence-electron chi connectivity index (χ1n) is 9.19. The van der Waals surface area contributed by atoms with Gasteiger partial charge in [0.1, 0.15) is 5.69 Å². The topological polar surface area (TPSA) is 64.7 Å². The summed E-state index contributed by atoms with van der Waals surface area (Å²) in [5, 5.41) is 11.4. The van der Waals surface area contributed by atoms with Crippen molar-refractivity contribution in [1.82, 2.24) is 19.6 Å². The van der Waals surface area contributed by atoms with E-state index in [0.717, 1.165) is 22.8 Å². The van der Waals surface area contributed by atoms with Crippen molar-refractivity contribution in [2.24, 2.45) is 0 Å². The van der Waals surface area contributed by atoms with Crippen molar-refractivity contribution in [3.63, 3.8) is 0 Å². The number of nitrogens with zero attached hydrogens (tertiary/aromatic N) is 4.